The smallest absolute Gasteiger partial charge is 0.323 e. The largest absolute Gasteiger partial charge is 0.354 e. The summed E-state index contributed by atoms with van der Waals surface area (Å²) < 4.78 is 0. The number of carbonyl (C=O) groups is 2. The average Bonchev–Trinajstić information content (AvgIpc) is 3.07. The molecule has 1 aliphatic rings. The number of anilines is 1. The summed E-state index contributed by atoms with van der Waals surface area (Å²) in [7, 11) is 0. The summed E-state index contributed by atoms with van der Waals surface area (Å²) in [6, 6.07) is 5.13. The van der Waals surface area contributed by atoms with Crippen molar-refractivity contribution in [2.75, 3.05) is 5.32 Å². The Hall–Kier alpha value is -3.09. The van der Waals surface area contributed by atoms with Crippen LogP contribution in [-0.4, -0.2) is 26.6 Å². The summed E-state index contributed by atoms with van der Waals surface area (Å²) in [6.07, 6.45) is 2.13. The van der Waals surface area contributed by atoms with Crippen molar-refractivity contribution in [2.24, 2.45) is 0 Å². The van der Waals surface area contributed by atoms with E-state index in [0.717, 1.165) is 18.5 Å². The summed E-state index contributed by atoms with van der Waals surface area (Å²) >= 11 is 0. The molecule has 0 atom stereocenters. The summed E-state index contributed by atoms with van der Waals surface area (Å²) in [5.74, 6) is -0.206. The molecule has 0 radical (unpaired) electrons. The molecule has 122 valence electrons. The molecule has 7 heteroatoms. The number of amides is 1. The van der Waals surface area contributed by atoms with Crippen LogP contribution < -0.4 is 11.0 Å². The Balaban J connectivity index is 1.66. The van der Waals surface area contributed by atoms with Crippen molar-refractivity contribution in [2.45, 2.75) is 26.2 Å². The summed E-state index contributed by atoms with van der Waals surface area (Å²) in [5, 5.41) is 2.81. The van der Waals surface area contributed by atoms with E-state index in [4.69, 9.17) is 0 Å². The lowest BCUT2D eigenvalue weighted by atomic mass is 9.94. The van der Waals surface area contributed by atoms with E-state index in [1.807, 2.05) is 0 Å². The molecule has 1 aliphatic carbocycles. The number of aromatic amines is 3. The first-order valence-electron chi connectivity index (χ1n) is 7.81. The molecule has 4 N–H and O–H groups in total. The van der Waals surface area contributed by atoms with E-state index < -0.39 is 0 Å². The minimum absolute atomic E-state index is 0.0929. The third kappa shape index (κ3) is 2.25. The lowest BCUT2D eigenvalue weighted by Gasteiger charge is -2.09. The molecule has 3 aromatic rings. The zero-order chi connectivity index (χ0) is 16.8. The van der Waals surface area contributed by atoms with Crippen LogP contribution in [0.1, 0.15) is 44.9 Å². The summed E-state index contributed by atoms with van der Waals surface area (Å²) in [6.45, 7) is 1.79. The highest BCUT2D eigenvalue weighted by atomic mass is 16.2. The van der Waals surface area contributed by atoms with E-state index in [1.165, 1.54) is 0 Å². The second-order valence-corrected chi connectivity index (χ2v) is 6.05. The number of rotatable bonds is 2. The number of Topliss-reactive ketones (excluding diaryl/α,β-unsaturated/α-hetero) is 1. The van der Waals surface area contributed by atoms with Gasteiger partial charge in [0.15, 0.2) is 5.78 Å². The van der Waals surface area contributed by atoms with Gasteiger partial charge in [0.1, 0.15) is 5.69 Å². The second kappa shape index (κ2) is 5.23. The summed E-state index contributed by atoms with van der Waals surface area (Å²) in [4.78, 5) is 44.3. The second-order valence-electron chi connectivity index (χ2n) is 6.05. The van der Waals surface area contributed by atoms with Crippen LogP contribution in [-0.2, 0) is 6.42 Å². The Morgan fingerprint density at radius 1 is 1.08 bits per heavy atom. The van der Waals surface area contributed by atoms with Crippen molar-refractivity contribution in [1.82, 2.24) is 15.0 Å². The van der Waals surface area contributed by atoms with Gasteiger partial charge in [-0.25, -0.2) is 4.79 Å². The van der Waals surface area contributed by atoms with Gasteiger partial charge in [0.05, 0.1) is 11.0 Å². The fraction of sp³-hybridized carbons (Fsp3) is 0.235. The molecule has 2 heterocycles. The molecule has 0 saturated carbocycles. The predicted molar refractivity (Wildman–Crippen MR) is 89.7 cm³/mol. The van der Waals surface area contributed by atoms with Gasteiger partial charge < -0.3 is 20.3 Å². The van der Waals surface area contributed by atoms with Crippen molar-refractivity contribution in [3.63, 3.8) is 0 Å². The van der Waals surface area contributed by atoms with Gasteiger partial charge in [-0.15, -0.1) is 0 Å². The van der Waals surface area contributed by atoms with Gasteiger partial charge in [-0.1, -0.05) is 0 Å². The van der Waals surface area contributed by atoms with Crippen molar-refractivity contribution < 1.29 is 9.59 Å². The number of H-pyrrole nitrogens is 3. The third-order valence-corrected chi connectivity index (χ3v) is 4.44. The van der Waals surface area contributed by atoms with Crippen LogP contribution in [0.25, 0.3) is 11.0 Å². The maximum atomic E-state index is 12.6. The highest BCUT2D eigenvalue weighted by Crippen LogP contribution is 2.27. The molecule has 2 aromatic heterocycles. The molecule has 7 nitrogen and oxygen atoms in total. The number of nitrogens with one attached hydrogen (secondary N) is 4. The standard InChI is InChI=1S/C17H16N4O3/c1-8-14-11(3-2-4-13(14)22)19-15(8)16(23)18-9-5-6-10-12(7-9)21-17(24)20-10/h5-7,19H,2-4H2,1H3,(H,18,23)(H2,20,21,24). The van der Waals surface area contributed by atoms with Gasteiger partial charge in [0.2, 0.25) is 0 Å². The van der Waals surface area contributed by atoms with E-state index in [9.17, 15) is 14.4 Å². The first-order chi connectivity index (χ1) is 11.5. The van der Waals surface area contributed by atoms with Crippen LogP contribution >= 0.6 is 0 Å². The number of imidazole rings is 1. The van der Waals surface area contributed by atoms with Gasteiger partial charge in [-0.3, -0.25) is 9.59 Å². The highest BCUT2D eigenvalue weighted by Gasteiger charge is 2.26. The molecule has 0 aliphatic heterocycles. The monoisotopic (exact) mass is 324 g/mol. The van der Waals surface area contributed by atoms with Crippen molar-refractivity contribution in [3.8, 4) is 0 Å². The molecular weight excluding hydrogens is 308 g/mol. The Kier molecular flexibility index (Phi) is 3.16. The van der Waals surface area contributed by atoms with E-state index in [0.29, 0.717) is 40.0 Å². The number of aryl methyl sites for hydroxylation is 1. The molecule has 24 heavy (non-hydrogen) atoms. The zero-order valence-electron chi connectivity index (χ0n) is 13.1. The molecule has 0 unspecified atom stereocenters. The number of benzene rings is 1. The van der Waals surface area contributed by atoms with Gasteiger partial charge in [-0.05, 0) is 43.5 Å². The predicted octanol–water partition coefficient (Wildman–Crippen LogP) is 2.26. The molecule has 1 aromatic carbocycles. The van der Waals surface area contributed by atoms with Crippen molar-refractivity contribution >= 4 is 28.4 Å². The third-order valence-electron chi connectivity index (χ3n) is 4.44. The lowest BCUT2D eigenvalue weighted by Crippen LogP contribution is -2.14. The van der Waals surface area contributed by atoms with Gasteiger partial charge in [-0.2, -0.15) is 0 Å². The molecule has 0 bridgehead atoms. The van der Waals surface area contributed by atoms with Crippen LogP contribution in [0.15, 0.2) is 23.0 Å². The van der Waals surface area contributed by atoms with Crippen LogP contribution in [0.5, 0.6) is 0 Å². The van der Waals surface area contributed by atoms with Gasteiger partial charge >= 0.3 is 5.69 Å². The van der Waals surface area contributed by atoms with Gasteiger partial charge in [0, 0.05) is 23.4 Å². The molecular formula is C17H16N4O3. The topological polar surface area (TPSA) is 111 Å². The van der Waals surface area contributed by atoms with E-state index in [-0.39, 0.29) is 17.4 Å². The first kappa shape index (κ1) is 14.5. The molecule has 1 amide bonds. The first-order valence-corrected chi connectivity index (χ1v) is 7.81. The number of fused-ring (bicyclic) bond motifs is 2. The van der Waals surface area contributed by atoms with Crippen LogP contribution in [0, 0.1) is 6.92 Å². The Morgan fingerprint density at radius 2 is 1.88 bits per heavy atom. The number of carbonyl (C=O) groups excluding carboxylic acids is 2. The van der Waals surface area contributed by atoms with Crippen molar-refractivity contribution in [1.29, 1.82) is 0 Å². The number of hydrogen-bond donors (Lipinski definition) is 4. The van der Waals surface area contributed by atoms with E-state index >= 15 is 0 Å². The average molecular weight is 324 g/mol. The molecule has 0 saturated heterocycles. The normalized spacial score (nSPS) is 14.0. The Bertz CT molecular complexity index is 1040. The van der Waals surface area contributed by atoms with Crippen LogP contribution in [0.2, 0.25) is 0 Å². The zero-order valence-corrected chi connectivity index (χ0v) is 13.1. The molecule has 0 spiro atoms. The molecule has 0 fully saturated rings. The van der Waals surface area contributed by atoms with E-state index in [2.05, 4.69) is 20.3 Å². The SMILES string of the molecule is Cc1c(C(=O)Nc2ccc3[nH]c(=O)[nH]c3c2)[nH]c2c1C(=O)CCC2. The quantitative estimate of drug-likeness (QED) is 0.580. The van der Waals surface area contributed by atoms with Crippen molar-refractivity contribution in [3.05, 3.63) is 51.2 Å². The number of hydrogen-bond acceptors (Lipinski definition) is 3. The molecule has 4 rings (SSSR count). The number of aromatic nitrogens is 3. The summed E-state index contributed by atoms with van der Waals surface area (Å²) in [5.41, 5.74) is 4.20. The Morgan fingerprint density at radius 3 is 2.67 bits per heavy atom. The highest BCUT2D eigenvalue weighted by molar-refractivity contribution is 6.08. The van der Waals surface area contributed by atoms with Crippen LogP contribution in [0.4, 0.5) is 5.69 Å². The maximum Gasteiger partial charge on any atom is 0.323 e. The fourth-order valence-electron chi connectivity index (χ4n) is 3.31. The van der Waals surface area contributed by atoms with Crippen LogP contribution in [0.3, 0.4) is 0 Å². The number of ketones is 1. The maximum absolute atomic E-state index is 12.6. The lowest BCUT2D eigenvalue weighted by molar-refractivity contribution is 0.0971. The van der Waals surface area contributed by atoms with E-state index in [1.54, 1.807) is 25.1 Å². The van der Waals surface area contributed by atoms with Gasteiger partial charge in [0.25, 0.3) is 5.91 Å². The minimum Gasteiger partial charge on any atom is -0.354 e. The Labute approximate surface area is 136 Å². The minimum atomic E-state index is -0.299. The fourth-order valence-corrected chi connectivity index (χ4v) is 3.31.